The van der Waals surface area contributed by atoms with E-state index in [0.29, 0.717) is 10.6 Å². The predicted octanol–water partition coefficient (Wildman–Crippen LogP) is 3.15. The van der Waals surface area contributed by atoms with Crippen LogP contribution < -0.4 is 4.90 Å². The van der Waals surface area contributed by atoms with Crippen molar-refractivity contribution < 1.29 is 4.79 Å². The number of hydrogen-bond donors (Lipinski definition) is 0. The molecule has 1 aromatic carbocycles. The maximum absolute atomic E-state index is 11.5. The average molecular weight is 318 g/mol. The number of halogens is 1. The van der Waals surface area contributed by atoms with E-state index in [1.807, 2.05) is 25.1 Å². The maximum atomic E-state index is 11.5. The number of carbonyl (C=O) groups is 1. The molecule has 2 aromatic rings. The Balaban J connectivity index is 2.03. The molecular weight excluding hydrogens is 298 g/mol. The average Bonchev–Trinajstić information content (AvgIpc) is 2.53. The van der Waals surface area contributed by atoms with Gasteiger partial charge in [0.1, 0.15) is 5.82 Å². The Kier molecular flexibility index (Phi) is 4.32. The molecule has 0 bridgehead atoms. The predicted molar refractivity (Wildman–Crippen MR) is 91.2 cm³/mol. The van der Waals surface area contributed by atoms with Gasteiger partial charge in [-0.15, -0.1) is 0 Å². The molecular formula is C17H20ClN3O. The van der Waals surface area contributed by atoms with E-state index in [2.05, 4.69) is 16.7 Å². The first-order chi connectivity index (χ1) is 10.6. The molecule has 1 saturated heterocycles. The van der Waals surface area contributed by atoms with Gasteiger partial charge in [0, 0.05) is 36.6 Å². The highest BCUT2D eigenvalue weighted by Gasteiger charge is 2.20. The number of nitrogens with zero attached hydrogens (tertiary/aromatic N) is 3. The smallest absolute Gasteiger partial charge is 0.153 e. The van der Waals surface area contributed by atoms with E-state index in [1.54, 1.807) is 0 Å². The molecule has 22 heavy (non-hydrogen) atoms. The lowest BCUT2D eigenvalue weighted by atomic mass is 10.1. The van der Waals surface area contributed by atoms with Crippen LogP contribution in [0.5, 0.6) is 0 Å². The first kappa shape index (κ1) is 15.3. The second-order valence-electron chi connectivity index (χ2n) is 5.73. The third kappa shape index (κ3) is 2.81. The third-order valence-electron chi connectivity index (χ3n) is 4.33. The zero-order valence-electron chi connectivity index (χ0n) is 13.0. The Hall–Kier alpha value is -1.65. The SMILES string of the molecule is CCN1CCN(c2nc3c(C)cc(Cl)cc3cc2C=O)CC1. The van der Waals surface area contributed by atoms with E-state index >= 15 is 0 Å². The number of aldehydes is 1. The van der Waals surface area contributed by atoms with Gasteiger partial charge in [0.15, 0.2) is 6.29 Å². The van der Waals surface area contributed by atoms with Crippen LogP contribution in [0.25, 0.3) is 10.9 Å². The van der Waals surface area contributed by atoms with Gasteiger partial charge in [0.2, 0.25) is 0 Å². The van der Waals surface area contributed by atoms with Crippen molar-refractivity contribution in [2.75, 3.05) is 37.6 Å². The fourth-order valence-corrected chi connectivity index (χ4v) is 3.32. The number of aryl methyl sites for hydroxylation is 1. The number of carbonyl (C=O) groups excluding carboxylic acids is 1. The highest BCUT2D eigenvalue weighted by atomic mass is 35.5. The molecule has 2 heterocycles. The highest BCUT2D eigenvalue weighted by Crippen LogP contribution is 2.28. The molecule has 0 amide bonds. The zero-order chi connectivity index (χ0) is 15.7. The van der Waals surface area contributed by atoms with Crippen molar-refractivity contribution in [2.45, 2.75) is 13.8 Å². The van der Waals surface area contributed by atoms with Crippen LogP contribution in [0.2, 0.25) is 5.02 Å². The second kappa shape index (κ2) is 6.23. The molecule has 0 unspecified atom stereocenters. The van der Waals surface area contributed by atoms with E-state index in [1.165, 1.54) is 0 Å². The first-order valence-corrected chi connectivity index (χ1v) is 8.03. The van der Waals surface area contributed by atoms with Crippen molar-refractivity contribution in [3.05, 3.63) is 34.3 Å². The molecule has 1 fully saturated rings. The summed E-state index contributed by atoms with van der Waals surface area (Å²) in [4.78, 5) is 20.9. The van der Waals surface area contributed by atoms with Gasteiger partial charge in [-0.2, -0.15) is 0 Å². The molecule has 116 valence electrons. The topological polar surface area (TPSA) is 36.4 Å². The molecule has 0 N–H and O–H groups in total. The van der Waals surface area contributed by atoms with Crippen LogP contribution in [0.1, 0.15) is 22.8 Å². The Morgan fingerprint density at radius 2 is 1.95 bits per heavy atom. The summed E-state index contributed by atoms with van der Waals surface area (Å²) in [6.07, 6.45) is 0.893. The molecule has 0 aliphatic carbocycles. The number of pyridine rings is 1. The minimum atomic E-state index is 0.638. The summed E-state index contributed by atoms with van der Waals surface area (Å²) < 4.78 is 0. The summed E-state index contributed by atoms with van der Waals surface area (Å²) in [5.41, 5.74) is 2.59. The van der Waals surface area contributed by atoms with Crippen LogP contribution >= 0.6 is 11.6 Å². The number of rotatable bonds is 3. The van der Waals surface area contributed by atoms with Crippen molar-refractivity contribution in [3.8, 4) is 0 Å². The lowest BCUT2D eigenvalue weighted by molar-refractivity contribution is 0.112. The van der Waals surface area contributed by atoms with Gasteiger partial charge in [-0.1, -0.05) is 18.5 Å². The van der Waals surface area contributed by atoms with E-state index in [9.17, 15) is 4.79 Å². The normalized spacial score (nSPS) is 16.2. The van der Waals surface area contributed by atoms with Crippen LogP contribution in [-0.2, 0) is 0 Å². The molecule has 0 spiro atoms. The van der Waals surface area contributed by atoms with E-state index in [0.717, 1.165) is 61.3 Å². The molecule has 0 radical (unpaired) electrons. The number of likely N-dealkylation sites (N-methyl/N-ethyl adjacent to an activating group) is 1. The molecule has 1 aliphatic heterocycles. The van der Waals surface area contributed by atoms with Gasteiger partial charge in [0.25, 0.3) is 0 Å². The van der Waals surface area contributed by atoms with Gasteiger partial charge in [0.05, 0.1) is 11.1 Å². The van der Waals surface area contributed by atoms with Crippen molar-refractivity contribution in [1.82, 2.24) is 9.88 Å². The van der Waals surface area contributed by atoms with Crippen LogP contribution in [-0.4, -0.2) is 48.9 Å². The summed E-state index contributed by atoms with van der Waals surface area (Å²) in [7, 11) is 0. The lowest BCUT2D eigenvalue weighted by Crippen LogP contribution is -2.46. The molecule has 5 heteroatoms. The lowest BCUT2D eigenvalue weighted by Gasteiger charge is -2.35. The number of benzene rings is 1. The van der Waals surface area contributed by atoms with Crippen molar-refractivity contribution >= 4 is 34.6 Å². The Morgan fingerprint density at radius 3 is 2.59 bits per heavy atom. The molecule has 0 atom stereocenters. The summed E-state index contributed by atoms with van der Waals surface area (Å²) in [5.74, 6) is 0.795. The minimum Gasteiger partial charge on any atom is -0.353 e. The maximum Gasteiger partial charge on any atom is 0.153 e. The molecule has 4 nitrogen and oxygen atoms in total. The van der Waals surface area contributed by atoms with Gasteiger partial charge in [-0.25, -0.2) is 4.98 Å². The molecule has 1 aromatic heterocycles. The largest absolute Gasteiger partial charge is 0.353 e. The fraction of sp³-hybridized carbons (Fsp3) is 0.412. The van der Waals surface area contributed by atoms with Gasteiger partial charge in [-0.05, 0) is 37.2 Å². The van der Waals surface area contributed by atoms with Gasteiger partial charge in [-0.3, -0.25) is 4.79 Å². The van der Waals surface area contributed by atoms with Crippen molar-refractivity contribution in [1.29, 1.82) is 0 Å². The van der Waals surface area contributed by atoms with Crippen LogP contribution in [0.3, 0.4) is 0 Å². The Bertz CT molecular complexity index is 709. The third-order valence-corrected chi connectivity index (χ3v) is 4.55. The molecule has 3 rings (SSSR count). The summed E-state index contributed by atoms with van der Waals surface area (Å²) in [6.45, 7) is 9.06. The highest BCUT2D eigenvalue weighted by molar-refractivity contribution is 6.31. The molecule has 1 aliphatic rings. The zero-order valence-corrected chi connectivity index (χ0v) is 13.7. The Labute approximate surface area is 135 Å². The van der Waals surface area contributed by atoms with Crippen LogP contribution in [0.4, 0.5) is 5.82 Å². The van der Waals surface area contributed by atoms with Crippen molar-refractivity contribution in [2.24, 2.45) is 0 Å². The standard InChI is InChI=1S/C17H20ClN3O/c1-3-20-4-6-21(7-5-20)17-14(11-22)9-13-10-15(18)8-12(2)16(13)19-17/h8-11H,3-7H2,1-2H3. The second-order valence-corrected chi connectivity index (χ2v) is 6.17. The summed E-state index contributed by atoms with van der Waals surface area (Å²) >= 11 is 6.11. The number of piperazine rings is 1. The quantitative estimate of drug-likeness (QED) is 0.815. The molecule has 0 saturated carbocycles. The number of fused-ring (bicyclic) bond motifs is 1. The van der Waals surface area contributed by atoms with Crippen LogP contribution in [0.15, 0.2) is 18.2 Å². The number of anilines is 1. The number of hydrogen-bond acceptors (Lipinski definition) is 4. The van der Waals surface area contributed by atoms with Crippen molar-refractivity contribution in [3.63, 3.8) is 0 Å². The van der Waals surface area contributed by atoms with Gasteiger partial charge < -0.3 is 9.80 Å². The monoisotopic (exact) mass is 317 g/mol. The van der Waals surface area contributed by atoms with E-state index in [-0.39, 0.29) is 0 Å². The summed E-state index contributed by atoms with van der Waals surface area (Å²) in [6, 6.07) is 5.68. The Morgan fingerprint density at radius 1 is 1.23 bits per heavy atom. The summed E-state index contributed by atoms with van der Waals surface area (Å²) in [5, 5.41) is 1.59. The minimum absolute atomic E-state index is 0.638. The van der Waals surface area contributed by atoms with Gasteiger partial charge >= 0.3 is 0 Å². The van der Waals surface area contributed by atoms with E-state index in [4.69, 9.17) is 16.6 Å². The number of aromatic nitrogens is 1. The first-order valence-electron chi connectivity index (χ1n) is 7.65. The van der Waals surface area contributed by atoms with E-state index < -0.39 is 0 Å². The fourth-order valence-electron chi connectivity index (χ4n) is 3.04. The van der Waals surface area contributed by atoms with Crippen LogP contribution in [0, 0.1) is 6.92 Å².